The van der Waals surface area contributed by atoms with Gasteiger partial charge in [0, 0.05) is 7.05 Å². The molecule has 0 saturated heterocycles. The molecule has 16 heavy (non-hydrogen) atoms. The molecule has 2 N–H and O–H groups in total. The SMILES string of the molecule is C=CCc1cc(C=CC)cc(NONC)c1. The second-order valence-corrected chi connectivity index (χ2v) is 3.36. The standard InChI is InChI=1S/C13H18N2O/c1-4-6-11-8-12(7-5-2)10-13(9-11)15-16-14-3/h4-5,7-10,14-15H,1,6H2,2-3H3. The molecule has 0 radical (unpaired) electrons. The average molecular weight is 218 g/mol. The summed E-state index contributed by atoms with van der Waals surface area (Å²) >= 11 is 0. The van der Waals surface area contributed by atoms with Crippen LogP contribution in [0.2, 0.25) is 0 Å². The Balaban J connectivity index is 2.93. The van der Waals surface area contributed by atoms with Gasteiger partial charge >= 0.3 is 0 Å². The van der Waals surface area contributed by atoms with Gasteiger partial charge in [0.15, 0.2) is 0 Å². The van der Waals surface area contributed by atoms with E-state index in [2.05, 4.69) is 29.7 Å². The highest BCUT2D eigenvalue weighted by molar-refractivity contribution is 5.58. The van der Waals surface area contributed by atoms with E-state index in [1.165, 1.54) is 5.56 Å². The molecule has 0 aliphatic rings. The predicted molar refractivity (Wildman–Crippen MR) is 68.8 cm³/mol. The zero-order valence-electron chi connectivity index (χ0n) is 9.79. The number of anilines is 1. The Kier molecular flexibility index (Phi) is 5.32. The van der Waals surface area contributed by atoms with Crippen LogP contribution >= 0.6 is 0 Å². The average Bonchev–Trinajstić information content (AvgIpc) is 2.27. The van der Waals surface area contributed by atoms with E-state index in [1.807, 2.05) is 31.2 Å². The summed E-state index contributed by atoms with van der Waals surface area (Å²) in [5, 5.41) is 0. The summed E-state index contributed by atoms with van der Waals surface area (Å²) in [6.45, 7) is 5.74. The van der Waals surface area contributed by atoms with Crippen LogP contribution in [0.5, 0.6) is 0 Å². The minimum atomic E-state index is 0.847. The summed E-state index contributed by atoms with van der Waals surface area (Å²) in [4.78, 5) is 4.94. The van der Waals surface area contributed by atoms with E-state index in [9.17, 15) is 0 Å². The van der Waals surface area contributed by atoms with Crippen molar-refractivity contribution < 1.29 is 4.94 Å². The first-order valence-electron chi connectivity index (χ1n) is 5.26. The molecule has 0 aliphatic carbocycles. The van der Waals surface area contributed by atoms with Crippen molar-refractivity contribution in [3.05, 3.63) is 48.1 Å². The van der Waals surface area contributed by atoms with E-state index in [4.69, 9.17) is 4.94 Å². The maximum atomic E-state index is 4.94. The lowest BCUT2D eigenvalue weighted by molar-refractivity contribution is 0.109. The largest absolute Gasteiger partial charge is 0.248 e. The molecule has 3 nitrogen and oxygen atoms in total. The Bertz CT molecular complexity index is 372. The molecule has 0 amide bonds. The topological polar surface area (TPSA) is 33.3 Å². The van der Waals surface area contributed by atoms with E-state index < -0.39 is 0 Å². The third-order valence-corrected chi connectivity index (χ3v) is 2.03. The van der Waals surface area contributed by atoms with Crippen LogP contribution < -0.4 is 11.0 Å². The van der Waals surface area contributed by atoms with E-state index in [0.29, 0.717) is 0 Å². The molecule has 0 spiro atoms. The molecule has 3 heteroatoms. The highest BCUT2D eigenvalue weighted by atomic mass is 16.8. The number of hydrogen-bond donors (Lipinski definition) is 2. The third-order valence-electron chi connectivity index (χ3n) is 2.03. The lowest BCUT2D eigenvalue weighted by Gasteiger charge is -2.08. The first-order valence-corrected chi connectivity index (χ1v) is 5.26. The van der Waals surface area contributed by atoms with Gasteiger partial charge in [-0.05, 0) is 36.6 Å². The van der Waals surface area contributed by atoms with Gasteiger partial charge in [-0.3, -0.25) is 0 Å². The molecule has 0 bridgehead atoms. The monoisotopic (exact) mass is 218 g/mol. The fourth-order valence-electron chi connectivity index (χ4n) is 1.46. The van der Waals surface area contributed by atoms with Crippen LogP contribution in [-0.4, -0.2) is 7.05 Å². The first-order chi connectivity index (χ1) is 7.80. The Labute approximate surface area is 96.7 Å². The summed E-state index contributed by atoms with van der Waals surface area (Å²) in [6, 6.07) is 6.18. The molecular formula is C13H18N2O. The van der Waals surface area contributed by atoms with Crippen LogP contribution in [0.4, 0.5) is 5.69 Å². The van der Waals surface area contributed by atoms with Crippen molar-refractivity contribution in [3.8, 4) is 0 Å². The molecule has 0 fully saturated rings. The van der Waals surface area contributed by atoms with Crippen LogP contribution in [0.25, 0.3) is 6.08 Å². The lowest BCUT2D eigenvalue weighted by Crippen LogP contribution is -2.13. The highest BCUT2D eigenvalue weighted by Gasteiger charge is 1.98. The molecule has 1 rings (SSSR count). The van der Waals surface area contributed by atoms with Crippen LogP contribution in [-0.2, 0) is 11.4 Å². The molecule has 1 aromatic rings. The fourth-order valence-corrected chi connectivity index (χ4v) is 1.46. The Hall–Kier alpha value is -1.58. The molecule has 1 aromatic carbocycles. The normalized spacial score (nSPS) is 10.6. The van der Waals surface area contributed by atoms with Gasteiger partial charge in [-0.25, -0.2) is 5.48 Å². The predicted octanol–water partition coefficient (Wildman–Crippen LogP) is 2.93. The molecule has 86 valence electrons. The Morgan fingerprint density at radius 2 is 2.19 bits per heavy atom. The second kappa shape index (κ2) is 6.82. The summed E-state index contributed by atoms with van der Waals surface area (Å²) in [5.41, 5.74) is 8.65. The maximum absolute atomic E-state index is 4.94. The molecule has 0 aromatic heterocycles. The van der Waals surface area contributed by atoms with Gasteiger partial charge in [0.2, 0.25) is 0 Å². The molecule has 0 heterocycles. The first kappa shape index (κ1) is 12.5. The van der Waals surface area contributed by atoms with Gasteiger partial charge < -0.3 is 0 Å². The number of nitrogens with one attached hydrogen (secondary N) is 2. The van der Waals surface area contributed by atoms with Crippen molar-refractivity contribution >= 4 is 11.8 Å². The summed E-state index contributed by atoms with van der Waals surface area (Å²) < 4.78 is 0. The highest BCUT2D eigenvalue weighted by Crippen LogP contribution is 2.17. The van der Waals surface area contributed by atoms with Gasteiger partial charge in [0.1, 0.15) is 0 Å². The zero-order chi connectivity index (χ0) is 11.8. The number of allylic oxidation sites excluding steroid dienone is 2. The van der Waals surface area contributed by atoms with Gasteiger partial charge in [-0.15, -0.1) is 6.58 Å². The van der Waals surface area contributed by atoms with E-state index >= 15 is 0 Å². The van der Waals surface area contributed by atoms with E-state index in [0.717, 1.165) is 17.7 Å². The summed E-state index contributed by atoms with van der Waals surface area (Å²) in [5.74, 6) is 0. The molecule has 0 atom stereocenters. The van der Waals surface area contributed by atoms with Gasteiger partial charge in [0.05, 0.1) is 5.69 Å². The van der Waals surface area contributed by atoms with Crippen molar-refractivity contribution in [1.82, 2.24) is 5.48 Å². The molecule has 0 aliphatic heterocycles. The fraction of sp³-hybridized carbons (Fsp3) is 0.231. The van der Waals surface area contributed by atoms with Crippen LogP contribution in [0.1, 0.15) is 18.1 Å². The van der Waals surface area contributed by atoms with Crippen molar-refractivity contribution in [2.45, 2.75) is 13.3 Å². The van der Waals surface area contributed by atoms with E-state index in [1.54, 1.807) is 7.05 Å². The van der Waals surface area contributed by atoms with Crippen LogP contribution in [0.3, 0.4) is 0 Å². The van der Waals surface area contributed by atoms with Crippen LogP contribution in [0, 0.1) is 0 Å². The number of hydroxylamine groups is 1. The summed E-state index contributed by atoms with van der Waals surface area (Å²) in [6.07, 6.45) is 6.80. The minimum absolute atomic E-state index is 0.847. The van der Waals surface area contributed by atoms with Crippen molar-refractivity contribution in [2.24, 2.45) is 0 Å². The van der Waals surface area contributed by atoms with Crippen molar-refractivity contribution in [2.75, 3.05) is 12.5 Å². The number of rotatable bonds is 6. The Morgan fingerprint density at radius 1 is 1.38 bits per heavy atom. The van der Waals surface area contributed by atoms with Gasteiger partial charge in [0.25, 0.3) is 0 Å². The third kappa shape index (κ3) is 3.88. The maximum Gasteiger partial charge on any atom is 0.0632 e. The smallest absolute Gasteiger partial charge is 0.0632 e. The minimum Gasteiger partial charge on any atom is -0.248 e. The van der Waals surface area contributed by atoms with E-state index in [-0.39, 0.29) is 0 Å². The van der Waals surface area contributed by atoms with Crippen LogP contribution in [0.15, 0.2) is 36.9 Å². The lowest BCUT2D eigenvalue weighted by atomic mass is 10.1. The number of hydrogen-bond acceptors (Lipinski definition) is 3. The Morgan fingerprint density at radius 3 is 2.81 bits per heavy atom. The quantitative estimate of drug-likeness (QED) is 0.569. The van der Waals surface area contributed by atoms with Crippen molar-refractivity contribution in [3.63, 3.8) is 0 Å². The molecular weight excluding hydrogens is 200 g/mol. The van der Waals surface area contributed by atoms with Gasteiger partial charge in [-0.2, -0.15) is 10.4 Å². The molecule has 0 unspecified atom stereocenters. The van der Waals surface area contributed by atoms with Gasteiger partial charge in [-0.1, -0.05) is 24.3 Å². The second-order valence-electron chi connectivity index (χ2n) is 3.36. The molecule has 0 saturated carbocycles. The van der Waals surface area contributed by atoms with Crippen molar-refractivity contribution in [1.29, 1.82) is 0 Å². The summed E-state index contributed by atoms with van der Waals surface area (Å²) in [7, 11) is 1.70. The number of benzene rings is 1. The zero-order valence-corrected chi connectivity index (χ0v) is 9.79.